The molecule has 0 atom stereocenters. The SMILES string of the molecule is Brc1ccc(-c2cccn2-c2ccccc2)cc1. The second-order valence-corrected chi connectivity index (χ2v) is 5.02. The van der Waals surface area contributed by atoms with E-state index in [9.17, 15) is 0 Å². The molecule has 0 saturated heterocycles. The lowest BCUT2D eigenvalue weighted by Crippen LogP contribution is -1.94. The molecule has 18 heavy (non-hydrogen) atoms. The highest BCUT2D eigenvalue weighted by molar-refractivity contribution is 9.10. The van der Waals surface area contributed by atoms with Crippen molar-refractivity contribution in [1.82, 2.24) is 4.57 Å². The summed E-state index contributed by atoms with van der Waals surface area (Å²) in [6, 6.07) is 23.0. The van der Waals surface area contributed by atoms with E-state index in [1.807, 2.05) is 6.07 Å². The molecule has 1 nitrogen and oxygen atoms in total. The lowest BCUT2D eigenvalue weighted by molar-refractivity contribution is 1.09. The third-order valence-corrected chi connectivity index (χ3v) is 3.45. The fourth-order valence-corrected chi connectivity index (χ4v) is 2.31. The number of para-hydroxylation sites is 1. The van der Waals surface area contributed by atoms with Gasteiger partial charge in [0.1, 0.15) is 0 Å². The number of halogens is 1. The van der Waals surface area contributed by atoms with Gasteiger partial charge >= 0.3 is 0 Å². The summed E-state index contributed by atoms with van der Waals surface area (Å²) in [4.78, 5) is 0. The first-order chi connectivity index (χ1) is 8.84. The molecule has 1 aromatic heterocycles. The van der Waals surface area contributed by atoms with Gasteiger partial charge < -0.3 is 4.57 Å². The van der Waals surface area contributed by atoms with E-state index >= 15 is 0 Å². The Balaban J connectivity index is 2.10. The van der Waals surface area contributed by atoms with Crippen molar-refractivity contribution in [2.45, 2.75) is 0 Å². The molecule has 0 aliphatic carbocycles. The summed E-state index contributed by atoms with van der Waals surface area (Å²) < 4.78 is 3.30. The minimum Gasteiger partial charge on any atom is -0.317 e. The molecule has 88 valence electrons. The van der Waals surface area contributed by atoms with E-state index in [2.05, 4.69) is 87.4 Å². The largest absolute Gasteiger partial charge is 0.317 e. The molecule has 1 heterocycles. The summed E-state index contributed by atoms with van der Waals surface area (Å²) in [7, 11) is 0. The molecule has 0 fully saturated rings. The summed E-state index contributed by atoms with van der Waals surface area (Å²) in [5.74, 6) is 0. The monoisotopic (exact) mass is 297 g/mol. The van der Waals surface area contributed by atoms with Crippen LogP contribution in [-0.4, -0.2) is 4.57 Å². The fourth-order valence-electron chi connectivity index (χ4n) is 2.05. The van der Waals surface area contributed by atoms with Gasteiger partial charge in [-0.25, -0.2) is 0 Å². The van der Waals surface area contributed by atoms with Gasteiger partial charge in [0.15, 0.2) is 0 Å². The number of hydrogen-bond acceptors (Lipinski definition) is 0. The van der Waals surface area contributed by atoms with Crippen molar-refractivity contribution in [1.29, 1.82) is 0 Å². The van der Waals surface area contributed by atoms with E-state index in [0.29, 0.717) is 0 Å². The highest BCUT2D eigenvalue weighted by Crippen LogP contribution is 2.25. The van der Waals surface area contributed by atoms with Gasteiger partial charge in [-0.05, 0) is 42.0 Å². The third-order valence-electron chi connectivity index (χ3n) is 2.92. The molecule has 0 aliphatic heterocycles. The van der Waals surface area contributed by atoms with Gasteiger partial charge in [0.25, 0.3) is 0 Å². The molecule has 0 unspecified atom stereocenters. The molecular weight excluding hydrogens is 286 g/mol. The summed E-state index contributed by atoms with van der Waals surface area (Å²) in [5.41, 5.74) is 3.60. The van der Waals surface area contributed by atoms with Gasteiger partial charge in [0, 0.05) is 16.4 Å². The summed E-state index contributed by atoms with van der Waals surface area (Å²) >= 11 is 3.47. The molecule has 0 saturated carbocycles. The Labute approximate surface area is 115 Å². The Hall–Kier alpha value is -1.80. The van der Waals surface area contributed by atoms with Crippen LogP contribution in [0.5, 0.6) is 0 Å². The normalized spacial score (nSPS) is 10.5. The minimum absolute atomic E-state index is 1.10. The van der Waals surface area contributed by atoms with Crippen molar-refractivity contribution in [2.24, 2.45) is 0 Å². The molecular formula is C16H12BrN. The van der Waals surface area contributed by atoms with Gasteiger partial charge in [-0.1, -0.05) is 46.3 Å². The van der Waals surface area contributed by atoms with E-state index in [0.717, 1.165) is 4.47 Å². The van der Waals surface area contributed by atoms with Crippen molar-refractivity contribution in [3.8, 4) is 16.9 Å². The molecule has 2 heteroatoms. The first-order valence-electron chi connectivity index (χ1n) is 5.83. The number of nitrogens with zero attached hydrogens (tertiary/aromatic N) is 1. The van der Waals surface area contributed by atoms with Crippen LogP contribution in [0.3, 0.4) is 0 Å². The smallest absolute Gasteiger partial charge is 0.0528 e. The van der Waals surface area contributed by atoms with E-state index < -0.39 is 0 Å². The van der Waals surface area contributed by atoms with Crippen molar-refractivity contribution >= 4 is 15.9 Å². The highest BCUT2D eigenvalue weighted by Gasteiger charge is 2.04. The Bertz CT molecular complexity index is 638. The Kier molecular flexibility index (Phi) is 3.03. The quantitative estimate of drug-likeness (QED) is 0.633. The van der Waals surface area contributed by atoms with Crippen molar-refractivity contribution in [3.63, 3.8) is 0 Å². The maximum atomic E-state index is 3.47. The molecule has 0 bridgehead atoms. The zero-order valence-electron chi connectivity index (χ0n) is 9.75. The molecule has 3 rings (SSSR count). The topological polar surface area (TPSA) is 4.93 Å². The van der Waals surface area contributed by atoms with Crippen LogP contribution in [-0.2, 0) is 0 Å². The first-order valence-corrected chi connectivity index (χ1v) is 6.62. The van der Waals surface area contributed by atoms with Crippen LogP contribution < -0.4 is 0 Å². The van der Waals surface area contributed by atoms with E-state index in [1.54, 1.807) is 0 Å². The lowest BCUT2D eigenvalue weighted by atomic mass is 10.1. The number of benzene rings is 2. The van der Waals surface area contributed by atoms with Crippen LogP contribution in [0.2, 0.25) is 0 Å². The second kappa shape index (κ2) is 4.83. The molecule has 2 aromatic carbocycles. The number of rotatable bonds is 2. The lowest BCUT2D eigenvalue weighted by Gasteiger charge is -2.09. The molecule has 0 N–H and O–H groups in total. The molecule has 0 amide bonds. The van der Waals surface area contributed by atoms with Gasteiger partial charge in [-0.3, -0.25) is 0 Å². The van der Waals surface area contributed by atoms with Gasteiger partial charge in [-0.2, -0.15) is 0 Å². The Morgan fingerprint density at radius 2 is 1.44 bits per heavy atom. The van der Waals surface area contributed by atoms with Crippen LogP contribution in [0, 0.1) is 0 Å². The maximum absolute atomic E-state index is 3.47. The summed E-state index contributed by atoms with van der Waals surface area (Å²) in [6.45, 7) is 0. The molecule has 0 aliphatic rings. The zero-order chi connectivity index (χ0) is 12.4. The highest BCUT2D eigenvalue weighted by atomic mass is 79.9. The summed E-state index contributed by atoms with van der Waals surface area (Å²) in [6.07, 6.45) is 2.09. The predicted molar refractivity (Wildman–Crippen MR) is 78.9 cm³/mol. The van der Waals surface area contributed by atoms with Crippen LogP contribution in [0.4, 0.5) is 0 Å². The van der Waals surface area contributed by atoms with Crippen LogP contribution in [0.25, 0.3) is 16.9 Å². The van der Waals surface area contributed by atoms with Crippen LogP contribution >= 0.6 is 15.9 Å². The van der Waals surface area contributed by atoms with Gasteiger partial charge in [0.2, 0.25) is 0 Å². The third kappa shape index (κ3) is 2.12. The maximum Gasteiger partial charge on any atom is 0.0528 e. The average molecular weight is 298 g/mol. The molecule has 3 aromatic rings. The Morgan fingerprint density at radius 3 is 2.17 bits per heavy atom. The van der Waals surface area contributed by atoms with Crippen molar-refractivity contribution in [2.75, 3.05) is 0 Å². The van der Waals surface area contributed by atoms with Crippen LogP contribution in [0.1, 0.15) is 0 Å². The van der Waals surface area contributed by atoms with E-state index in [-0.39, 0.29) is 0 Å². The van der Waals surface area contributed by atoms with E-state index in [1.165, 1.54) is 16.9 Å². The van der Waals surface area contributed by atoms with Crippen LogP contribution in [0.15, 0.2) is 77.4 Å². The first kappa shape index (κ1) is 11.3. The minimum atomic E-state index is 1.10. The number of aromatic nitrogens is 1. The van der Waals surface area contributed by atoms with E-state index in [4.69, 9.17) is 0 Å². The van der Waals surface area contributed by atoms with Crippen molar-refractivity contribution in [3.05, 3.63) is 77.4 Å². The summed E-state index contributed by atoms with van der Waals surface area (Å²) in [5, 5.41) is 0. The standard InChI is InChI=1S/C16H12BrN/c17-14-10-8-13(9-11-14)16-7-4-12-18(16)15-5-2-1-3-6-15/h1-12H. The predicted octanol–water partition coefficient (Wildman–Crippen LogP) is 4.91. The Morgan fingerprint density at radius 1 is 0.722 bits per heavy atom. The second-order valence-electron chi connectivity index (χ2n) is 4.11. The van der Waals surface area contributed by atoms with Crippen molar-refractivity contribution < 1.29 is 0 Å². The van der Waals surface area contributed by atoms with Gasteiger partial charge in [-0.15, -0.1) is 0 Å². The average Bonchev–Trinajstić information content (AvgIpc) is 2.90. The van der Waals surface area contributed by atoms with Gasteiger partial charge in [0.05, 0.1) is 5.69 Å². The number of hydrogen-bond donors (Lipinski definition) is 0. The molecule has 0 spiro atoms. The fraction of sp³-hybridized carbons (Fsp3) is 0. The zero-order valence-corrected chi connectivity index (χ0v) is 11.3. The molecule has 0 radical (unpaired) electrons.